The van der Waals surface area contributed by atoms with Crippen molar-refractivity contribution in [1.82, 2.24) is 20.6 Å². The molecule has 2 rings (SSSR count). The maximum atomic E-state index is 5.73. The van der Waals surface area contributed by atoms with Gasteiger partial charge < -0.3 is 10.5 Å². The normalized spacial score (nSPS) is 12.3. The van der Waals surface area contributed by atoms with E-state index in [0.29, 0.717) is 19.0 Å². The van der Waals surface area contributed by atoms with Crippen LogP contribution in [0.2, 0.25) is 0 Å². The van der Waals surface area contributed by atoms with Gasteiger partial charge in [-0.25, -0.2) is 0 Å². The highest BCUT2D eigenvalue weighted by molar-refractivity contribution is 5.31. The number of tetrazole rings is 1. The largest absolute Gasteiger partial charge is 0.493 e. The number of hydrogen-bond donors (Lipinski definition) is 2. The zero-order chi connectivity index (χ0) is 12.8. The monoisotopic (exact) mass is 247 g/mol. The van der Waals surface area contributed by atoms with Crippen LogP contribution in [-0.4, -0.2) is 33.8 Å². The number of aromatic amines is 1. The molecule has 0 bridgehead atoms. The van der Waals surface area contributed by atoms with Crippen LogP contribution >= 0.6 is 0 Å². The summed E-state index contributed by atoms with van der Waals surface area (Å²) in [4.78, 5) is 0. The van der Waals surface area contributed by atoms with Crippen molar-refractivity contribution in [2.45, 2.75) is 19.3 Å². The molecule has 0 radical (unpaired) electrons. The van der Waals surface area contributed by atoms with Crippen LogP contribution in [0.1, 0.15) is 23.7 Å². The van der Waals surface area contributed by atoms with Crippen LogP contribution in [0.5, 0.6) is 5.75 Å². The maximum Gasteiger partial charge on any atom is 0.179 e. The Labute approximate surface area is 106 Å². The lowest BCUT2D eigenvalue weighted by molar-refractivity contribution is 0.294. The van der Waals surface area contributed by atoms with E-state index in [4.69, 9.17) is 10.5 Å². The highest BCUT2D eigenvalue weighted by Gasteiger charge is 2.14. The van der Waals surface area contributed by atoms with Crippen molar-refractivity contribution in [2.75, 3.05) is 13.2 Å². The number of ether oxygens (including phenoxy) is 1. The van der Waals surface area contributed by atoms with Gasteiger partial charge in [-0.15, -0.1) is 10.2 Å². The molecule has 0 aliphatic heterocycles. The average Bonchev–Trinajstić information content (AvgIpc) is 2.90. The third-order valence-electron chi connectivity index (χ3n) is 2.83. The van der Waals surface area contributed by atoms with Crippen molar-refractivity contribution in [3.05, 3.63) is 35.7 Å². The Morgan fingerprint density at radius 3 is 2.89 bits per heavy atom. The van der Waals surface area contributed by atoms with Crippen molar-refractivity contribution < 1.29 is 4.74 Å². The fraction of sp³-hybridized carbons (Fsp3) is 0.417. The lowest BCUT2D eigenvalue weighted by atomic mass is 10.1. The summed E-state index contributed by atoms with van der Waals surface area (Å²) < 4.78 is 5.73. The Balaban J connectivity index is 1.86. The van der Waals surface area contributed by atoms with Gasteiger partial charge in [-0.05, 0) is 25.0 Å². The van der Waals surface area contributed by atoms with Gasteiger partial charge in [0.15, 0.2) is 5.82 Å². The maximum absolute atomic E-state index is 5.73. The van der Waals surface area contributed by atoms with Gasteiger partial charge in [-0.1, -0.05) is 23.4 Å². The highest BCUT2D eigenvalue weighted by atomic mass is 16.5. The average molecular weight is 247 g/mol. The fourth-order valence-electron chi connectivity index (χ4n) is 1.72. The first-order valence-electron chi connectivity index (χ1n) is 5.93. The summed E-state index contributed by atoms with van der Waals surface area (Å²) in [5, 5.41) is 13.9. The van der Waals surface area contributed by atoms with Crippen molar-refractivity contribution >= 4 is 0 Å². The lowest BCUT2D eigenvalue weighted by Gasteiger charge is -2.12. The summed E-state index contributed by atoms with van der Waals surface area (Å²) in [6.45, 7) is 3.09. The zero-order valence-electron chi connectivity index (χ0n) is 10.3. The topological polar surface area (TPSA) is 89.7 Å². The number of nitrogens with zero attached hydrogens (tertiary/aromatic N) is 3. The Morgan fingerprint density at radius 2 is 2.22 bits per heavy atom. The Hall–Kier alpha value is -1.95. The standard InChI is InChI=1S/C12H17N5O/c1-9-4-2-3-5-11(9)18-7-6-10(8-13)12-14-16-17-15-12/h2-5,10H,6-8,13H2,1H3,(H,14,15,16,17). The molecule has 0 aliphatic rings. The number of para-hydroxylation sites is 1. The first-order chi connectivity index (χ1) is 8.81. The van der Waals surface area contributed by atoms with Gasteiger partial charge >= 0.3 is 0 Å². The van der Waals surface area contributed by atoms with E-state index in [9.17, 15) is 0 Å². The number of H-pyrrole nitrogens is 1. The van der Waals surface area contributed by atoms with Gasteiger partial charge in [-0.2, -0.15) is 5.21 Å². The summed E-state index contributed by atoms with van der Waals surface area (Å²) in [5.41, 5.74) is 6.82. The number of rotatable bonds is 6. The molecule has 3 N–H and O–H groups in total. The van der Waals surface area contributed by atoms with Crippen molar-refractivity contribution in [3.8, 4) is 5.75 Å². The predicted molar refractivity (Wildman–Crippen MR) is 67.3 cm³/mol. The SMILES string of the molecule is Cc1ccccc1OCCC(CN)c1nn[nH]n1. The summed E-state index contributed by atoms with van der Waals surface area (Å²) in [5.74, 6) is 1.63. The first-order valence-corrected chi connectivity index (χ1v) is 5.93. The predicted octanol–water partition coefficient (Wildman–Crippen LogP) is 1.02. The van der Waals surface area contributed by atoms with Crippen LogP contribution in [0.25, 0.3) is 0 Å². The minimum absolute atomic E-state index is 0.0766. The van der Waals surface area contributed by atoms with E-state index in [1.165, 1.54) is 0 Å². The smallest absolute Gasteiger partial charge is 0.179 e. The zero-order valence-corrected chi connectivity index (χ0v) is 10.3. The molecule has 0 spiro atoms. The summed E-state index contributed by atoms with van der Waals surface area (Å²) >= 11 is 0. The molecule has 2 aromatic rings. The molecule has 0 fully saturated rings. The van der Waals surface area contributed by atoms with E-state index >= 15 is 0 Å². The molecule has 1 aromatic carbocycles. The van der Waals surface area contributed by atoms with Crippen LogP contribution in [0.15, 0.2) is 24.3 Å². The number of aromatic nitrogens is 4. The Bertz CT molecular complexity index is 471. The second-order valence-corrected chi connectivity index (χ2v) is 4.11. The van der Waals surface area contributed by atoms with E-state index in [1.807, 2.05) is 31.2 Å². The highest BCUT2D eigenvalue weighted by Crippen LogP contribution is 2.18. The molecule has 18 heavy (non-hydrogen) atoms. The third-order valence-corrected chi connectivity index (χ3v) is 2.83. The minimum atomic E-state index is 0.0766. The van der Waals surface area contributed by atoms with Crippen molar-refractivity contribution in [2.24, 2.45) is 5.73 Å². The van der Waals surface area contributed by atoms with E-state index in [1.54, 1.807) is 0 Å². The van der Waals surface area contributed by atoms with Crippen molar-refractivity contribution in [1.29, 1.82) is 0 Å². The molecule has 6 heteroatoms. The molecule has 1 aromatic heterocycles. The molecule has 1 heterocycles. The number of benzene rings is 1. The quantitative estimate of drug-likeness (QED) is 0.795. The van der Waals surface area contributed by atoms with Crippen LogP contribution in [-0.2, 0) is 0 Å². The number of nitrogens with one attached hydrogen (secondary N) is 1. The van der Waals surface area contributed by atoms with Crippen molar-refractivity contribution in [3.63, 3.8) is 0 Å². The van der Waals surface area contributed by atoms with Crippen LogP contribution in [0, 0.1) is 6.92 Å². The molecule has 96 valence electrons. The van der Waals surface area contributed by atoms with Crippen LogP contribution < -0.4 is 10.5 Å². The molecule has 0 aliphatic carbocycles. The lowest BCUT2D eigenvalue weighted by Crippen LogP contribution is -2.17. The van der Waals surface area contributed by atoms with E-state index in [-0.39, 0.29) is 5.92 Å². The summed E-state index contributed by atoms with van der Waals surface area (Å²) in [6.07, 6.45) is 0.768. The molecule has 1 atom stereocenters. The third kappa shape index (κ3) is 3.04. The molecule has 0 saturated heterocycles. The van der Waals surface area contributed by atoms with Gasteiger partial charge in [-0.3, -0.25) is 0 Å². The molecule has 1 unspecified atom stereocenters. The minimum Gasteiger partial charge on any atom is -0.493 e. The number of hydrogen-bond acceptors (Lipinski definition) is 5. The van der Waals surface area contributed by atoms with Gasteiger partial charge in [0.2, 0.25) is 0 Å². The fourth-order valence-corrected chi connectivity index (χ4v) is 1.72. The molecular formula is C12H17N5O. The van der Waals surface area contributed by atoms with Gasteiger partial charge in [0.25, 0.3) is 0 Å². The molecule has 6 nitrogen and oxygen atoms in total. The van der Waals surface area contributed by atoms with Gasteiger partial charge in [0, 0.05) is 12.5 Å². The van der Waals surface area contributed by atoms with Gasteiger partial charge in [0.05, 0.1) is 6.61 Å². The molecule has 0 amide bonds. The van der Waals surface area contributed by atoms with Crippen LogP contribution in [0.3, 0.4) is 0 Å². The van der Waals surface area contributed by atoms with E-state index in [2.05, 4.69) is 20.6 Å². The van der Waals surface area contributed by atoms with Crippen LogP contribution in [0.4, 0.5) is 0 Å². The van der Waals surface area contributed by atoms with E-state index < -0.39 is 0 Å². The Morgan fingerprint density at radius 1 is 1.39 bits per heavy atom. The summed E-state index contributed by atoms with van der Waals surface area (Å²) in [7, 11) is 0. The Kier molecular flexibility index (Phi) is 4.25. The first kappa shape index (κ1) is 12.5. The number of aryl methyl sites for hydroxylation is 1. The second kappa shape index (κ2) is 6.11. The van der Waals surface area contributed by atoms with E-state index in [0.717, 1.165) is 17.7 Å². The molecule has 0 saturated carbocycles. The molecular weight excluding hydrogens is 230 g/mol. The second-order valence-electron chi connectivity index (χ2n) is 4.11. The van der Waals surface area contributed by atoms with Gasteiger partial charge in [0.1, 0.15) is 5.75 Å². The number of nitrogens with two attached hydrogens (primary N) is 1. The summed E-state index contributed by atoms with van der Waals surface area (Å²) in [6, 6.07) is 7.93.